The van der Waals surface area contributed by atoms with E-state index in [4.69, 9.17) is 0 Å². The zero-order valence-electron chi connectivity index (χ0n) is 12.6. The number of aromatic nitrogens is 2. The molecule has 0 saturated carbocycles. The number of nitrogens with one attached hydrogen (secondary N) is 1. The molecule has 1 amide bonds. The topological polar surface area (TPSA) is 58.1 Å². The zero-order chi connectivity index (χ0) is 15.2. The first-order valence-corrected chi connectivity index (χ1v) is 7.83. The Morgan fingerprint density at radius 2 is 1.95 bits per heavy atom. The highest BCUT2D eigenvalue weighted by Crippen LogP contribution is 2.19. The van der Waals surface area contributed by atoms with E-state index in [1.54, 1.807) is 0 Å². The fourth-order valence-electron chi connectivity index (χ4n) is 1.81. The second kappa shape index (κ2) is 7.17. The van der Waals surface area contributed by atoms with Gasteiger partial charge in [0.2, 0.25) is 5.13 Å². The molecule has 0 radical (unpaired) electrons. The van der Waals surface area contributed by atoms with Crippen LogP contribution >= 0.6 is 11.3 Å². The number of benzene rings is 1. The number of hydrogen-bond acceptors (Lipinski definition) is 5. The molecule has 0 aliphatic rings. The molecule has 1 aromatic heterocycles. The van der Waals surface area contributed by atoms with Gasteiger partial charge in [0.1, 0.15) is 5.01 Å². The molecule has 2 aromatic rings. The number of anilines is 2. The smallest absolute Gasteiger partial charge is 0.257 e. The lowest BCUT2D eigenvalue weighted by molar-refractivity contribution is 0.102. The maximum absolute atomic E-state index is 12.1. The summed E-state index contributed by atoms with van der Waals surface area (Å²) in [6.07, 6.45) is 3.13. The van der Waals surface area contributed by atoms with Crippen LogP contribution in [0.15, 0.2) is 24.3 Å². The van der Waals surface area contributed by atoms with Crippen LogP contribution in [0, 0.1) is 0 Å². The lowest BCUT2D eigenvalue weighted by atomic mass is 10.2. The molecule has 0 saturated heterocycles. The van der Waals surface area contributed by atoms with Crippen LogP contribution in [0.3, 0.4) is 0 Å². The fraction of sp³-hybridized carbons (Fsp3) is 0.400. The van der Waals surface area contributed by atoms with Gasteiger partial charge in [-0.1, -0.05) is 24.7 Å². The Morgan fingerprint density at radius 3 is 2.57 bits per heavy atom. The zero-order valence-corrected chi connectivity index (χ0v) is 13.4. The minimum atomic E-state index is -0.154. The van der Waals surface area contributed by atoms with Gasteiger partial charge in [0, 0.05) is 31.8 Å². The quantitative estimate of drug-likeness (QED) is 0.890. The average molecular weight is 304 g/mol. The number of rotatable bonds is 6. The van der Waals surface area contributed by atoms with Crippen molar-refractivity contribution >= 4 is 28.1 Å². The number of carbonyl (C=O) groups is 1. The van der Waals surface area contributed by atoms with Crippen LogP contribution in [0.5, 0.6) is 0 Å². The SMILES string of the molecule is CCCCc1nnc(NC(=O)c2ccc(N(C)C)cc2)s1. The predicted octanol–water partition coefficient (Wildman–Crippen LogP) is 3.20. The van der Waals surface area contributed by atoms with Gasteiger partial charge in [0.15, 0.2) is 0 Å². The normalized spacial score (nSPS) is 10.4. The van der Waals surface area contributed by atoms with Crippen LogP contribution in [-0.2, 0) is 6.42 Å². The van der Waals surface area contributed by atoms with Crippen molar-refractivity contribution in [3.63, 3.8) is 0 Å². The minimum Gasteiger partial charge on any atom is -0.378 e. The summed E-state index contributed by atoms with van der Waals surface area (Å²) in [4.78, 5) is 14.1. The van der Waals surface area contributed by atoms with E-state index >= 15 is 0 Å². The Hall–Kier alpha value is -1.95. The second-order valence-corrected chi connectivity index (χ2v) is 6.06. The Labute approximate surface area is 129 Å². The molecule has 0 unspecified atom stereocenters. The number of unbranched alkanes of at least 4 members (excludes halogenated alkanes) is 1. The molecule has 112 valence electrons. The molecule has 0 atom stereocenters. The Kier molecular flexibility index (Phi) is 5.27. The highest BCUT2D eigenvalue weighted by molar-refractivity contribution is 7.15. The molecule has 0 fully saturated rings. The largest absolute Gasteiger partial charge is 0.378 e. The molecule has 0 aliphatic carbocycles. The molecule has 1 N–H and O–H groups in total. The van der Waals surface area contributed by atoms with Gasteiger partial charge in [0.25, 0.3) is 5.91 Å². The number of amides is 1. The molecule has 1 aromatic carbocycles. The summed E-state index contributed by atoms with van der Waals surface area (Å²) in [7, 11) is 3.93. The van der Waals surface area contributed by atoms with Crippen molar-refractivity contribution in [3.05, 3.63) is 34.8 Å². The molecule has 6 heteroatoms. The van der Waals surface area contributed by atoms with E-state index in [1.807, 2.05) is 43.3 Å². The lowest BCUT2D eigenvalue weighted by Gasteiger charge is -2.12. The van der Waals surface area contributed by atoms with Crippen LogP contribution in [0.25, 0.3) is 0 Å². The number of nitrogens with zero attached hydrogens (tertiary/aromatic N) is 3. The van der Waals surface area contributed by atoms with Crippen molar-refractivity contribution in [1.82, 2.24) is 10.2 Å². The summed E-state index contributed by atoms with van der Waals surface area (Å²) in [5.41, 5.74) is 1.68. The molecule has 2 rings (SSSR count). The van der Waals surface area contributed by atoms with Crippen LogP contribution in [-0.4, -0.2) is 30.2 Å². The molecule has 1 heterocycles. The number of aryl methyl sites for hydroxylation is 1. The standard InChI is InChI=1S/C15H20N4OS/c1-4-5-6-13-17-18-15(21-13)16-14(20)11-7-9-12(10-8-11)19(2)3/h7-10H,4-6H2,1-3H3,(H,16,18,20). The summed E-state index contributed by atoms with van der Waals surface area (Å²) < 4.78 is 0. The van der Waals surface area contributed by atoms with Crippen LogP contribution in [0.1, 0.15) is 35.1 Å². The highest BCUT2D eigenvalue weighted by Gasteiger charge is 2.10. The van der Waals surface area contributed by atoms with Crippen molar-refractivity contribution < 1.29 is 4.79 Å². The van der Waals surface area contributed by atoms with Crippen molar-refractivity contribution in [2.75, 3.05) is 24.3 Å². The van der Waals surface area contributed by atoms with Crippen LogP contribution in [0.2, 0.25) is 0 Å². The maximum atomic E-state index is 12.1. The van der Waals surface area contributed by atoms with E-state index in [9.17, 15) is 4.79 Å². The van der Waals surface area contributed by atoms with Crippen LogP contribution in [0.4, 0.5) is 10.8 Å². The van der Waals surface area contributed by atoms with Crippen molar-refractivity contribution in [2.45, 2.75) is 26.2 Å². The lowest BCUT2D eigenvalue weighted by Crippen LogP contribution is -2.13. The van der Waals surface area contributed by atoms with Gasteiger partial charge in [0.05, 0.1) is 0 Å². The molecule has 5 nitrogen and oxygen atoms in total. The Balaban J connectivity index is 1.98. The van der Waals surface area contributed by atoms with Crippen molar-refractivity contribution in [2.24, 2.45) is 0 Å². The van der Waals surface area contributed by atoms with E-state index in [1.165, 1.54) is 11.3 Å². The van der Waals surface area contributed by atoms with Gasteiger partial charge in [-0.25, -0.2) is 0 Å². The summed E-state index contributed by atoms with van der Waals surface area (Å²) in [5.74, 6) is -0.154. The summed E-state index contributed by atoms with van der Waals surface area (Å²) >= 11 is 1.44. The predicted molar refractivity (Wildman–Crippen MR) is 87.2 cm³/mol. The molecule has 21 heavy (non-hydrogen) atoms. The van der Waals surface area contributed by atoms with E-state index in [2.05, 4.69) is 22.4 Å². The van der Waals surface area contributed by atoms with Gasteiger partial charge in [-0.2, -0.15) is 0 Å². The summed E-state index contributed by atoms with van der Waals surface area (Å²) in [6.45, 7) is 2.14. The van der Waals surface area contributed by atoms with Gasteiger partial charge < -0.3 is 4.90 Å². The van der Waals surface area contributed by atoms with Crippen LogP contribution < -0.4 is 10.2 Å². The molecular formula is C15H20N4OS. The third-order valence-electron chi connectivity index (χ3n) is 3.08. The van der Waals surface area contributed by atoms with E-state index < -0.39 is 0 Å². The first-order valence-electron chi connectivity index (χ1n) is 7.01. The molecule has 0 spiro atoms. The first kappa shape index (κ1) is 15.4. The molecule has 0 aliphatic heterocycles. The number of carbonyl (C=O) groups excluding carboxylic acids is 1. The highest BCUT2D eigenvalue weighted by atomic mass is 32.1. The van der Waals surface area contributed by atoms with Crippen molar-refractivity contribution in [3.8, 4) is 0 Å². The summed E-state index contributed by atoms with van der Waals surface area (Å²) in [5, 5.41) is 12.4. The Morgan fingerprint density at radius 1 is 1.24 bits per heavy atom. The maximum Gasteiger partial charge on any atom is 0.257 e. The first-order chi connectivity index (χ1) is 10.1. The van der Waals surface area contributed by atoms with E-state index in [0.29, 0.717) is 10.7 Å². The number of hydrogen-bond donors (Lipinski definition) is 1. The van der Waals surface area contributed by atoms with Crippen molar-refractivity contribution in [1.29, 1.82) is 0 Å². The van der Waals surface area contributed by atoms with Gasteiger partial charge in [-0.15, -0.1) is 10.2 Å². The van der Waals surface area contributed by atoms with Gasteiger partial charge in [-0.05, 0) is 30.7 Å². The van der Waals surface area contributed by atoms with E-state index in [0.717, 1.165) is 30.0 Å². The summed E-state index contributed by atoms with van der Waals surface area (Å²) in [6, 6.07) is 7.46. The second-order valence-electron chi connectivity index (χ2n) is 5.00. The third kappa shape index (κ3) is 4.26. The molecular weight excluding hydrogens is 284 g/mol. The van der Waals surface area contributed by atoms with Gasteiger partial charge >= 0.3 is 0 Å². The Bertz CT molecular complexity index is 592. The average Bonchev–Trinajstić information content (AvgIpc) is 2.92. The monoisotopic (exact) mass is 304 g/mol. The van der Waals surface area contributed by atoms with Gasteiger partial charge in [-0.3, -0.25) is 10.1 Å². The minimum absolute atomic E-state index is 0.154. The third-order valence-corrected chi connectivity index (χ3v) is 3.98. The fourth-order valence-corrected chi connectivity index (χ4v) is 2.59. The molecule has 0 bridgehead atoms. The van der Waals surface area contributed by atoms with E-state index in [-0.39, 0.29) is 5.91 Å².